The second kappa shape index (κ2) is 3.53. The van der Waals surface area contributed by atoms with Crippen LogP contribution in [0.5, 0.6) is 0 Å². The van der Waals surface area contributed by atoms with Crippen LogP contribution in [0.25, 0.3) is 0 Å². The molecular weight excluding hydrogens is 142 g/mol. The fraction of sp³-hybridized carbons (Fsp3) is 0.625. The van der Waals surface area contributed by atoms with Crippen molar-refractivity contribution in [2.24, 2.45) is 0 Å². The number of hydrogen-bond acceptors (Lipinski definition) is 3. The van der Waals surface area contributed by atoms with Crippen LogP contribution in [-0.4, -0.2) is 23.5 Å². The predicted molar refractivity (Wildman–Crippen MR) is 44.1 cm³/mol. The average Bonchev–Trinajstić information content (AvgIpc) is 1.85. The van der Waals surface area contributed by atoms with Crippen LogP contribution in [-0.2, 0) is 4.79 Å². The standard InChI is InChI=1S/C8H15NO2/c1-6(9-4)5-7(10)8(2,3)11/h5,9,11H,1-4H3/b6-5-. The highest BCUT2D eigenvalue weighted by molar-refractivity contribution is 5.96. The van der Waals surface area contributed by atoms with Crippen molar-refractivity contribution in [1.29, 1.82) is 0 Å². The summed E-state index contributed by atoms with van der Waals surface area (Å²) in [6.45, 7) is 4.70. The van der Waals surface area contributed by atoms with Crippen LogP contribution in [0.4, 0.5) is 0 Å². The van der Waals surface area contributed by atoms with Gasteiger partial charge in [-0.2, -0.15) is 0 Å². The summed E-state index contributed by atoms with van der Waals surface area (Å²) in [5.41, 5.74) is -0.518. The lowest BCUT2D eigenvalue weighted by atomic mass is 10.0. The van der Waals surface area contributed by atoms with Gasteiger partial charge in [0.1, 0.15) is 5.60 Å². The van der Waals surface area contributed by atoms with Crippen LogP contribution in [0.3, 0.4) is 0 Å². The number of aliphatic hydroxyl groups is 1. The van der Waals surface area contributed by atoms with Gasteiger partial charge in [0.15, 0.2) is 5.78 Å². The Labute approximate surface area is 67.1 Å². The number of allylic oxidation sites excluding steroid dienone is 1. The van der Waals surface area contributed by atoms with Crippen molar-refractivity contribution in [3.63, 3.8) is 0 Å². The van der Waals surface area contributed by atoms with Crippen LogP contribution in [0.1, 0.15) is 20.8 Å². The van der Waals surface area contributed by atoms with E-state index in [1.54, 1.807) is 14.0 Å². The Morgan fingerprint density at radius 3 is 2.27 bits per heavy atom. The molecule has 0 aromatic heterocycles. The molecule has 0 amide bonds. The number of carbonyl (C=O) groups is 1. The van der Waals surface area contributed by atoms with Crippen LogP contribution < -0.4 is 5.32 Å². The minimum Gasteiger partial charge on any atom is -0.392 e. The maximum absolute atomic E-state index is 11.1. The average molecular weight is 157 g/mol. The van der Waals surface area contributed by atoms with Crippen molar-refractivity contribution in [3.8, 4) is 0 Å². The molecule has 0 aromatic rings. The van der Waals surface area contributed by atoms with Crippen molar-refractivity contribution >= 4 is 5.78 Å². The number of carbonyl (C=O) groups excluding carboxylic acids is 1. The zero-order valence-electron chi connectivity index (χ0n) is 7.43. The molecule has 0 aliphatic rings. The topological polar surface area (TPSA) is 49.3 Å². The van der Waals surface area contributed by atoms with E-state index in [9.17, 15) is 9.90 Å². The van der Waals surface area contributed by atoms with Crippen molar-refractivity contribution < 1.29 is 9.90 Å². The van der Waals surface area contributed by atoms with Crippen LogP contribution in [0, 0.1) is 0 Å². The number of ketones is 1. The monoisotopic (exact) mass is 157 g/mol. The second-order valence-electron chi connectivity index (χ2n) is 3.00. The van der Waals surface area contributed by atoms with Gasteiger partial charge in [-0.05, 0) is 20.8 Å². The molecule has 0 bridgehead atoms. The molecular formula is C8H15NO2. The van der Waals surface area contributed by atoms with Gasteiger partial charge in [0.25, 0.3) is 0 Å². The molecule has 3 nitrogen and oxygen atoms in total. The Balaban J connectivity index is 4.30. The number of rotatable bonds is 3. The molecule has 0 saturated heterocycles. The first-order valence-corrected chi connectivity index (χ1v) is 3.51. The molecule has 0 spiro atoms. The van der Waals surface area contributed by atoms with Gasteiger partial charge < -0.3 is 10.4 Å². The predicted octanol–water partition coefficient (Wildman–Crippen LogP) is 0.450. The Morgan fingerprint density at radius 2 is 2.00 bits per heavy atom. The van der Waals surface area contributed by atoms with Gasteiger partial charge in [-0.1, -0.05) is 0 Å². The highest BCUT2D eigenvalue weighted by Gasteiger charge is 2.20. The highest BCUT2D eigenvalue weighted by atomic mass is 16.3. The van der Waals surface area contributed by atoms with Crippen molar-refractivity contribution in [1.82, 2.24) is 5.32 Å². The third kappa shape index (κ3) is 3.78. The summed E-state index contributed by atoms with van der Waals surface area (Å²) >= 11 is 0. The van der Waals surface area contributed by atoms with E-state index in [4.69, 9.17) is 0 Å². The van der Waals surface area contributed by atoms with Crippen molar-refractivity contribution in [3.05, 3.63) is 11.8 Å². The normalized spacial score (nSPS) is 13.0. The molecule has 2 N–H and O–H groups in total. The van der Waals surface area contributed by atoms with E-state index in [1.165, 1.54) is 19.9 Å². The second-order valence-corrected chi connectivity index (χ2v) is 3.00. The summed E-state index contributed by atoms with van der Waals surface area (Å²) in [7, 11) is 1.73. The van der Waals surface area contributed by atoms with E-state index in [2.05, 4.69) is 5.32 Å². The molecule has 0 aliphatic heterocycles. The summed E-state index contributed by atoms with van der Waals surface area (Å²) < 4.78 is 0. The molecule has 0 atom stereocenters. The third-order valence-electron chi connectivity index (χ3n) is 1.34. The molecule has 64 valence electrons. The van der Waals surface area contributed by atoms with E-state index < -0.39 is 5.60 Å². The van der Waals surface area contributed by atoms with Crippen molar-refractivity contribution in [2.45, 2.75) is 26.4 Å². The molecule has 0 unspecified atom stereocenters. The van der Waals surface area contributed by atoms with E-state index in [-0.39, 0.29) is 5.78 Å². The van der Waals surface area contributed by atoms with E-state index in [0.29, 0.717) is 0 Å². The van der Waals surface area contributed by atoms with Crippen LogP contribution in [0.2, 0.25) is 0 Å². The zero-order chi connectivity index (χ0) is 9.07. The molecule has 0 rings (SSSR count). The highest BCUT2D eigenvalue weighted by Crippen LogP contribution is 2.04. The van der Waals surface area contributed by atoms with E-state index in [1.807, 2.05) is 0 Å². The Bertz CT molecular complexity index is 177. The minimum atomic E-state index is -1.27. The number of nitrogens with one attached hydrogen (secondary N) is 1. The van der Waals surface area contributed by atoms with Gasteiger partial charge in [0.05, 0.1) is 0 Å². The molecule has 0 aromatic carbocycles. The largest absolute Gasteiger partial charge is 0.392 e. The lowest BCUT2D eigenvalue weighted by Gasteiger charge is -2.12. The first-order chi connectivity index (χ1) is 4.88. The Morgan fingerprint density at radius 1 is 1.55 bits per heavy atom. The molecule has 0 fully saturated rings. The fourth-order valence-electron chi connectivity index (χ4n) is 0.445. The van der Waals surface area contributed by atoms with Crippen LogP contribution >= 0.6 is 0 Å². The minimum absolute atomic E-state index is 0.288. The van der Waals surface area contributed by atoms with E-state index >= 15 is 0 Å². The summed E-state index contributed by atoms with van der Waals surface area (Å²) in [6.07, 6.45) is 1.39. The van der Waals surface area contributed by atoms with Gasteiger partial charge in [0.2, 0.25) is 0 Å². The van der Waals surface area contributed by atoms with Gasteiger partial charge in [-0.15, -0.1) is 0 Å². The SMILES string of the molecule is CN/C(C)=C\C(=O)C(C)(C)O. The zero-order valence-corrected chi connectivity index (χ0v) is 7.43. The third-order valence-corrected chi connectivity index (χ3v) is 1.34. The van der Waals surface area contributed by atoms with Crippen molar-refractivity contribution in [2.75, 3.05) is 7.05 Å². The molecule has 0 heterocycles. The lowest BCUT2D eigenvalue weighted by molar-refractivity contribution is -0.128. The summed E-state index contributed by atoms with van der Waals surface area (Å²) in [5.74, 6) is -0.288. The van der Waals surface area contributed by atoms with E-state index in [0.717, 1.165) is 5.70 Å². The first kappa shape index (κ1) is 10.2. The maximum atomic E-state index is 11.1. The fourth-order valence-corrected chi connectivity index (χ4v) is 0.445. The van der Waals surface area contributed by atoms with Crippen LogP contribution in [0.15, 0.2) is 11.8 Å². The maximum Gasteiger partial charge on any atom is 0.188 e. The van der Waals surface area contributed by atoms with Gasteiger partial charge in [0, 0.05) is 18.8 Å². The first-order valence-electron chi connectivity index (χ1n) is 3.51. The molecule has 11 heavy (non-hydrogen) atoms. The Kier molecular flexibility index (Phi) is 3.26. The summed E-state index contributed by atoms with van der Waals surface area (Å²) in [6, 6.07) is 0. The lowest BCUT2D eigenvalue weighted by Crippen LogP contribution is -2.30. The van der Waals surface area contributed by atoms with Gasteiger partial charge in [-0.25, -0.2) is 0 Å². The quantitative estimate of drug-likeness (QED) is 0.585. The molecule has 3 heteroatoms. The summed E-state index contributed by atoms with van der Waals surface area (Å²) in [5, 5.41) is 12.0. The Hall–Kier alpha value is -0.830. The van der Waals surface area contributed by atoms with Gasteiger partial charge >= 0.3 is 0 Å². The molecule has 0 aliphatic carbocycles. The smallest absolute Gasteiger partial charge is 0.188 e. The molecule has 0 radical (unpaired) electrons. The van der Waals surface area contributed by atoms with Gasteiger partial charge in [-0.3, -0.25) is 4.79 Å². The molecule has 0 saturated carbocycles. The number of hydrogen-bond donors (Lipinski definition) is 2. The summed E-state index contributed by atoms with van der Waals surface area (Å²) in [4.78, 5) is 11.1.